The van der Waals surface area contributed by atoms with E-state index in [9.17, 15) is 1.37 Å². The summed E-state index contributed by atoms with van der Waals surface area (Å²) in [6.07, 6.45) is 6.26. The third kappa shape index (κ3) is 9.29. The number of nitrogens with zero attached hydrogens (tertiary/aromatic N) is 2. The van der Waals surface area contributed by atoms with Crippen molar-refractivity contribution >= 4 is 43.5 Å². The van der Waals surface area contributed by atoms with Gasteiger partial charge in [-0.2, -0.15) is 0 Å². The first-order valence-electron chi connectivity index (χ1n) is 26.7. The third-order valence-electron chi connectivity index (χ3n) is 13.5. The van der Waals surface area contributed by atoms with Crippen molar-refractivity contribution in [1.29, 1.82) is 0 Å². The second-order valence-corrected chi connectivity index (χ2v) is 20.4. The van der Waals surface area contributed by atoms with Gasteiger partial charge in [0.15, 0.2) is 0 Å². The minimum atomic E-state index is -2.35. The van der Waals surface area contributed by atoms with Gasteiger partial charge in [0.1, 0.15) is 5.58 Å². The van der Waals surface area contributed by atoms with E-state index in [1.165, 1.54) is 22.5 Å². The van der Waals surface area contributed by atoms with Crippen molar-refractivity contribution in [3.63, 3.8) is 0 Å². The molecule has 1 saturated carbocycles. The first kappa shape index (κ1) is 38.7. The molecule has 339 valence electrons. The van der Waals surface area contributed by atoms with Crippen LogP contribution < -0.4 is 0 Å². The van der Waals surface area contributed by atoms with Crippen molar-refractivity contribution in [3.05, 3.63) is 167 Å². The Labute approximate surface area is 416 Å². The maximum atomic E-state index is 9.41. The number of aromatic nitrogens is 2. The molecule has 1 aliphatic rings. The van der Waals surface area contributed by atoms with Crippen LogP contribution in [0.5, 0.6) is 0 Å². The van der Waals surface area contributed by atoms with E-state index in [4.69, 9.17) is 12.6 Å². The van der Waals surface area contributed by atoms with E-state index >= 15 is 0 Å². The number of hydrogen-bond donors (Lipinski definition) is 0. The molecule has 66 heavy (non-hydrogen) atoms. The second-order valence-electron chi connectivity index (χ2n) is 20.4. The molecule has 0 aliphatic heterocycles. The van der Waals surface area contributed by atoms with Gasteiger partial charge in [-0.3, -0.25) is 0 Å². The third-order valence-corrected chi connectivity index (χ3v) is 13.5. The van der Waals surface area contributed by atoms with Gasteiger partial charge in [0.2, 0.25) is 0 Å². The van der Waals surface area contributed by atoms with Gasteiger partial charge in [-0.15, -0.1) is 47.5 Å². The van der Waals surface area contributed by atoms with Crippen LogP contribution in [-0.4, -0.2) is 9.97 Å². The molecule has 1 radical (unpaired) electrons. The Hall–Kier alpha value is -5.41. The Kier molecular flexibility index (Phi) is 11.0. The summed E-state index contributed by atoms with van der Waals surface area (Å²) < 4.78 is 65.1. The van der Waals surface area contributed by atoms with E-state index in [-0.39, 0.29) is 48.3 Å². The SMILES string of the molecule is [2H]C([2H])([2H])c1c[c-]c(-c2cc(C(C)(C)C)ccn2)cc1-c1c(C(C)C)cccc1C(C)C.[2H]C([2H])([2H])c1cnc(-c2[c-]ccc3c2oc2cc4c(ccc5ccccc54)cc23)cc1C1([2H])CCC(C)(C)CC1.[Ir]. The van der Waals surface area contributed by atoms with Crippen molar-refractivity contribution < 1.29 is 34.1 Å². The van der Waals surface area contributed by atoms with Gasteiger partial charge in [0.05, 0.1) is 5.58 Å². The van der Waals surface area contributed by atoms with Crippen LogP contribution in [0.25, 0.3) is 77.1 Å². The molecule has 0 atom stereocenters. The minimum absolute atomic E-state index is 0. The fourth-order valence-electron chi connectivity index (χ4n) is 9.57. The Morgan fingerprint density at radius 1 is 0.727 bits per heavy atom. The predicted octanol–water partition coefficient (Wildman–Crippen LogP) is 17.8. The van der Waals surface area contributed by atoms with Gasteiger partial charge in [-0.1, -0.05) is 152 Å². The summed E-state index contributed by atoms with van der Waals surface area (Å²) in [6.45, 7) is 15.0. The summed E-state index contributed by atoms with van der Waals surface area (Å²) >= 11 is 0. The Bertz CT molecular complexity index is 3470. The molecule has 1 aliphatic carbocycles. The number of rotatable bonds is 6. The van der Waals surface area contributed by atoms with Crippen molar-refractivity contribution in [1.82, 2.24) is 9.97 Å². The van der Waals surface area contributed by atoms with E-state index in [2.05, 4.69) is 151 Å². The topological polar surface area (TPSA) is 38.9 Å². The minimum Gasteiger partial charge on any atom is -0.501 e. The largest absolute Gasteiger partial charge is 0.501 e. The summed E-state index contributed by atoms with van der Waals surface area (Å²) in [6, 6.07) is 43.2. The van der Waals surface area contributed by atoms with Crippen LogP contribution in [0.1, 0.15) is 149 Å². The molecule has 1 fully saturated rings. The van der Waals surface area contributed by atoms with Gasteiger partial charge in [-0.25, -0.2) is 0 Å². The summed E-state index contributed by atoms with van der Waals surface area (Å²) in [4.78, 5) is 9.21. The molecule has 0 saturated heterocycles. The first-order chi connectivity index (χ1) is 33.8. The molecule has 6 aromatic carbocycles. The van der Waals surface area contributed by atoms with Crippen LogP contribution in [0.3, 0.4) is 0 Å². The molecule has 0 bridgehead atoms. The van der Waals surface area contributed by atoms with Crippen molar-refractivity contribution in [2.24, 2.45) is 5.41 Å². The quantitative estimate of drug-likeness (QED) is 0.123. The molecule has 3 heterocycles. The number of benzene rings is 6. The second kappa shape index (κ2) is 18.7. The fraction of sp³-hybridized carbons (Fsp3) is 0.323. The van der Waals surface area contributed by atoms with Crippen molar-refractivity contribution in [2.45, 2.75) is 125 Å². The van der Waals surface area contributed by atoms with Crippen LogP contribution in [0, 0.1) is 31.3 Å². The number of hydrogen-bond acceptors (Lipinski definition) is 3. The van der Waals surface area contributed by atoms with Gasteiger partial charge in [-0.05, 0) is 146 Å². The molecule has 4 heteroatoms. The van der Waals surface area contributed by atoms with Crippen molar-refractivity contribution in [3.8, 4) is 33.6 Å². The predicted molar refractivity (Wildman–Crippen MR) is 276 cm³/mol. The Morgan fingerprint density at radius 3 is 2.17 bits per heavy atom. The van der Waals surface area contributed by atoms with Gasteiger partial charge >= 0.3 is 0 Å². The summed E-state index contributed by atoms with van der Waals surface area (Å²) in [5, 5.41) is 6.61. The van der Waals surface area contributed by atoms with Crippen LogP contribution in [0.4, 0.5) is 0 Å². The average molecular weight is 1050 g/mol. The van der Waals surface area contributed by atoms with E-state index in [1.54, 1.807) is 6.07 Å². The number of pyridine rings is 2. The Balaban J connectivity index is 0.000000198. The van der Waals surface area contributed by atoms with E-state index < -0.39 is 19.6 Å². The van der Waals surface area contributed by atoms with Gasteiger partial charge < -0.3 is 14.4 Å². The number of fused-ring (bicyclic) bond motifs is 6. The summed E-state index contributed by atoms with van der Waals surface area (Å²) in [5.41, 5.74) is 10.8. The molecule has 0 unspecified atom stereocenters. The molecular weight excluding hydrogens is 981 g/mol. The van der Waals surface area contributed by atoms with Crippen LogP contribution in [-0.2, 0) is 25.5 Å². The fourth-order valence-corrected chi connectivity index (χ4v) is 9.57. The van der Waals surface area contributed by atoms with Gasteiger partial charge in [0, 0.05) is 47.5 Å². The molecule has 10 rings (SSSR count). The average Bonchev–Trinajstić information content (AvgIpc) is 3.70. The monoisotopic (exact) mass is 1050 g/mol. The standard InChI is InChI=1S/C34H30NO.C28H34N.Ir/c1-21-20-35-31(18-28(21)23-13-15-34(2,3)16-14-23)27-10-6-9-26-30-17-24-12-11-22-7-4-5-8-25(22)29(24)19-32(30)36-33(26)27;1-18(2)23-10-9-11-24(19(3)4)27(23)25-16-21(13-12-20(25)5)26-17-22(14-15-29-26)28(6,7)8;/h4-9,11-12,17-20,23H,13-16H2,1-3H3;9-12,14-19H,1-8H3;/q2*-1;/i1D3,23D;5D3;. The summed E-state index contributed by atoms with van der Waals surface area (Å²) in [7, 11) is 0. The maximum Gasteiger partial charge on any atom is 0.121 e. The normalized spacial score (nSPS) is 16.7. The molecular formula is C62H64IrN2O-2. The Morgan fingerprint density at radius 2 is 1.45 bits per heavy atom. The summed E-state index contributed by atoms with van der Waals surface area (Å²) in [5.74, 6) is -0.441. The maximum absolute atomic E-state index is 9.41. The van der Waals surface area contributed by atoms with Crippen molar-refractivity contribution in [2.75, 3.05) is 0 Å². The van der Waals surface area contributed by atoms with Crippen LogP contribution in [0.2, 0.25) is 0 Å². The molecule has 0 amide bonds. The molecule has 3 aromatic heterocycles. The van der Waals surface area contributed by atoms with Gasteiger partial charge in [0.25, 0.3) is 0 Å². The number of aryl methyl sites for hydroxylation is 2. The molecule has 0 N–H and O–H groups in total. The zero-order valence-electron chi connectivity index (χ0n) is 46.7. The zero-order chi connectivity index (χ0) is 51.7. The van der Waals surface area contributed by atoms with E-state index in [0.717, 1.165) is 73.5 Å². The smallest absolute Gasteiger partial charge is 0.121 e. The molecule has 9 aromatic rings. The zero-order valence-corrected chi connectivity index (χ0v) is 42.1. The van der Waals surface area contributed by atoms with E-state index in [1.807, 2.05) is 42.6 Å². The van der Waals surface area contributed by atoms with Crippen LogP contribution >= 0.6 is 0 Å². The number of furan rings is 1. The first-order valence-corrected chi connectivity index (χ1v) is 23.2. The molecule has 0 spiro atoms. The molecule has 3 nitrogen and oxygen atoms in total. The van der Waals surface area contributed by atoms with Crippen LogP contribution in [0.15, 0.2) is 126 Å². The van der Waals surface area contributed by atoms with E-state index in [0.29, 0.717) is 40.8 Å².